The minimum absolute atomic E-state index is 0.0141. The van der Waals surface area contributed by atoms with Crippen molar-refractivity contribution >= 4 is 46.7 Å². The van der Waals surface area contributed by atoms with Crippen LogP contribution in [0.1, 0.15) is 27.1 Å². The van der Waals surface area contributed by atoms with Crippen LogP contribution in [0.15, 0.2) is 54.6 Å². The largest absolute Gasteiger partial charge is 0.497 e. The second kappa shape index (κ2) is 8.46. The normalized spacial score (nSPS) is 29.1. The van der Waals surface area contributed by atoms with Gasteiger partial charge in [0, 0.05) is 10.6 Å². The van der Waals surface area contributed by atoms with Gasteiger partial charge in [0.05, 0.1) is 29.5 Å². The average molecular weight is 525 g/mol. The third-order valence-electron chi connectivity index (χ3n) is 7.98. The Bertz CT molecular complexity index is 1300. The number of carbonyl (C=O) groups is 4. The van der Waals surface area contributed by atoms with Crippen molar-refractivity contribution in [1.82, 2.24) is 10.0 Å². The Morgan fingerprint density at radius 1 is 0.972 bits per heavy atom. The number of halogens is 2. The van der Waals surface area contributed by atoms with Crippen molar-refractivity contribution in [2.45, 2.75) is 6.42 Å². The van der Waals surface area contributed by atoms with Crippen LogP contribution in [-0.2, 0) is 9.59 Å². The maximum absolute atomic E-state index is 13.7. The molecule has 3 amide bonds. The van der Waals surface area contributed by atoms with E-state index in [0.717, 1.165) is 16.4 Å². The van der Waals surface area contributed by atoms with Gasteiger partial charge in [0.25, 0.3) is 17.7 Å². The number of hydrogen-bond acceptors (Lipinski definition) is 5. The van der Waals surface area contributed by atoms with E-state index in [4.69, 9.17) is 27.9 Å². The monoisotopic (exact) mass is 524 g/mol. The zero-order chi connectivity index (χ0) is 25.3. The van der Waals surface area contributed by atoms with Crippen LogP contribution >= 0.6 is 23.2 Å². The number of Topliss-reactive ketones (excluding diaryl/α,β-unsaturated/α-hetero) is 1. The number of imide groups is 1. The molecule has 5 aliphatic rings. The number of hydrazine groups is 1. The molecule has 4 aliphatic carbocycles. The molecule has 184 valence electrons. The van der Waals surface area contributed by atoms with Crippen molar-refractivity contribution in [3.8, 4) is 5.75 Å². The summed E-state index contributed by atoms with van der Waals surface area (Å²) in [6, 6.07) is 10.7. The van der Waals surface area contributed by atoms with Crippen molar-refractivity contribution in [2.75, 3.05) is 13.7 Å². The molecule has 0 unspecified atom stereocenters. The molecule has 0 radical (unpaired) electrons. The van der Waals surface area contributed by atoms with Crippen LogP contribution in [0.4, 0.5) is 0 Å². The Balaban J connectivity index is 1.37. The molecular weight excluding hydrogens is 503 g/mol. The van der Waals surface area contributed by atoms with E-state index in [1.54, 1.807) is 24.3 Å². The van der Waals surface area contributed by atoms with Crippen LogP contribution in [0.5, 0.6) is 5.75 Å². The maximum atomic E-state index is 13.7. The summed E-state index contributed by atoms with van der Waals surface area (Å²) in [6.07, 6.45) is 5.13. The fourth-order valence-corrected chi connectivity index (χ4v) is 6.71. The molecule has 2 aromatic rings. The van der Waals surface area contributed by atoms with Gasteiger partial charge in [-0.05, 0) is 72.6 Å². The zero-order valence-corrected chi connectivity index (χ0v) is 20.8. The lowest BCUT2D eigenvalue weighted by Gasteiger charge is -2.37. The van der Waals surface area contributed by atoms with Gasteiger partial charge >= 0.3 is 0 Å². The smallest absolute Gasteiger partial charge is 0.274 e. The van der Waals surface area contributed by atoms with Crippen molar-refractivity contribution in [3.63, 3.8) is 0 Å². The molecule has 0 N–H and O–H groups in total. The molecule has 1 heterocycles. The first-order valence-corrected chi connectivity index (χ1v) is 12.6. The summed E-state index contributed by atoms with van der Waals surface area (Å²) in [4.78, 5) is 54.4. The van der Waals surface area contributed by atoms with Gasteiger partial charge in [-0.3, -0.25) is 19.2 Å². The van der Waals surface area contributed by atoms with Gasteiger partial charge in [-0.15, -0.1) is 0 Å². The Labute approximate surface area is 217 Å². The molecule has 2 bridgehead atoms. The summed E-state index contributed by atoms with van der Waals surface area (Å²) in [7, 11) is 1.52. The number of carbonyl (C=O) groups excluding carboxylic acids is 4. The van der Waals surface area contributed by atoms with Gasteiger partial charge in [-0.2, -0.15) is 5.01 Å². The Kier molecular flexibility index (Phi) is 5.46. The van der Waals surface area contributed by atoms with E-state index in [2.05, 4.69) is 12.2 Å². The van der Waals surface area contributed by atoms with Gasteiger partial charge < -0.3 is 4.74 Å². The van der Waals surface area contributed by atoms with Crippen molar-refractivity contribution < 1.29 is 23.9 Å². The quantitative estimate of drug-likeness (QED) is 0.319. The lowest BCUT2D eigenvalue weighted by molar-refractivity contribution is -0.154. The van der Waals surface area contributed by atoms with E-state index < -0.39 is 41.9 Å². The van der Waals surface area contributed by atoms with E-state index in [0.29, 0.717) is 28.2 Å². The number of nitrogens with zero attached hydrogens (tertiary/aromatic N) is 2. The van der Waals surface area contributed by atoms with Crippen molar-refractivity contribution in [3.05, 3.63) is 75.8 Å². The van der Waals surface area contributed by atoms with E-state index in [1.165, 1.54) is 25.3 Å². The third kappa shape index (κ3) is 3.48. The van der Waals surface area contributed by atoms with Crippen LogP contribution in [-0.4, -0.2) is 47.2 Å². The molecule has 7 nitrogen and oxygen atoms in total. The molecule has 0 aromatic heterocycles. The number of amides is 3. The first kappa shape index (κ1) is 23.3. The Morgan fingerprint density at radius 3 is 2.14 bits per heavy atom. The number of ether oxygens (including phenoxy) is 1. The number of allylic oxidation sites excluding steroid dienone is 2. The summed E-state index contributed by atoms with van der Waals surface area (Å²) in [5, 5.41) is 2.25. The summed E-state index contributed by atoms with van der Waals surface area (Å²) < 4.78 is 5.15. The van der Waals surface area contributed by atoms with E-state index >= 15 is 0 Å². The van der Waals surface area contributed by atoms with Crippen LogP contribution < -0.4 is 4.74 Å². The highest BCUT2D eigenvalue weighted by molar-refractivity contribution is 6.36. The predicted molar refractivity (Wildman–Crippen MR) is 131 cm³/mol. The second-order valence-electron chi connectivity index (χ2n) is 9.78. The van der Waals surface area contributed by atoms with E-state index in [-0.39, 0.29) is 22.4 Å². The Morgan fingerprint density at radius 2 is 1.58 bits per heavy atom. The zero-order valence-electron chi connectivity index (χ0n) is 19.3. The summed E-state index contributed by atoms with van der Waals surface area (Å²) in [6.45, 7) is -0.503. The van der Waals surface area contributed by atoms with Gasteiger partial charge in [0.2, 0.25) is 0 Å². The lowest BCUT2D eigenvalue weighted by Crippen LogP contribution is -2.52. The summed E-state index contributed by atoms with van der Waals surface area (Å²) in [5.41, 5.74) is 0.360. The third-order valence-corrected chi connectivity index (χ3v) is 8.53. The van der Waals surface area contributed by atoms with Gasteiger partial charge in [0.15, 0.2) is 5.78 Å². The number of benzene rings is 2. The van der Waals surface area contributed by atoms with Gasteiger partial charge in [-0.25, -0.2) is 5.01 Å². The maximum Gasteiger partial charge on any atom is 0.274 e. The van der Waals surface area contributed by atoms with Crippen molar-refractivity contribution in [1.29, 1.82) is 0 Å². The van der Waals surface area contributed by atoms with E-state index in [1.807, 2.05) is 0 Å². The molecule has 36 heavy (non-hydrogen) atoms. The minimum atomic E-state index is -0.718. The molecule has 1 aliphatic heterocycles. The summed E-state index contributed by atoms with van der Waals surface area (Å²) >= 11 is 12.3. The van der Waals surface area contributed by atoms with E-state index in [9.17, 15) is 19.2 Å². The van der Waals surface area contributed by atoms with Crippen molar-refractivity contribution in [2.24, 2.45) is 35.5 Å². The highest BCUT2D eigenvalue weighted by atomic mass is 35.5. The average Bonchev–Trinajstić information content (AvgIpc) is 3.66. The Hall–Kier alpha value is -3.16. The van der Waals surface area contributed by atoms with Gasteiger partial charge in [0.1, 0.15) is 12.3 Å². The molecular formula is C27H22Cl2N2O5. The van der Waals surface area contributed by atoms with Crippen LogP contribution in [0, 0.1) is 35.5 Å². The predicted octanol–water partition coefficient (Wildman–Crippen LogP) is 4.30. The molecule has 9 heteroatoms. The fraction of sp³-hybridized carbons (Fsp3) is 0.333. The molecule has 2 saturated carbocycles. The number of hydrogen-bond donors (Lipinski definition) is 0. The molecule has 6 atom stereocenters. The number of ketones is 1. The second-order valence-corrected chi connectivity index (χ2v) is 10.6. The van der Waals surface area contributed by atoms with Crippen LogP contribution in [0.25, 0.3) is 0 Å². The van der Waals surface area contributed by atoms with Crippen LogP contribution in [0.2, 0.25) is 10.0 Å². The highest BCUT2D eigenvalue weighted by Gasteiger charge is 2.68. The topological polar surface area (TPSA) is 84.0 Å². The fourth-order valence-electron chi connectivity index (χ4n) is 6.22. The first-order chi connectivity index (χ1) is 17.3. The molecule has 1 saturated heterocycles. The van der Waals surface area contributed by atoms with Gasteiger partial charge in [-0.1, -0.05) is 35.4 Å². The molecule has 3 fully saturated rings. The van der Waals surface area contributed by atoms with Crippen LogP contribution in [0.3, 0.4) is 0 Å². The molecule has 2 aromatic carbocycles. The minimum Gasteiger partial charge on any atom is -0.497 e. The standard InChI is InChI=1S/C27H22Cl2N2O5/c1-36-15-5-2-13(3-6-15)22(32)12-30(25(33)18-7-4-14(28)10-21(18)29)31-26(34)23-16-8-9-17(20-11-19(16)20)24(23)27(31)35/h2-10,16-17,19-20,23-24H,11-12H2,1H3/t16-,17-,19-,20+,23-,24+/m0/s1. The number of rotatable bonds is 6. The number of methoxy groups -OCH3 is 1. The first-order valence-electron chi connectivity index (χ1n) is 11.8. The highest BCUT2D eigenvalue weighted by Crippen LogP contribution is 2.65. The molecule has 7 rings (SSSR count). The SMILES string of the molecule is COc1ccc(C(=O)CN(C(=O)c2ccc(Cl)cc2Cl)N2C(=O)[C@@H]3[C@H]4C=C[C@@H]([C@@H]5C[C@H]45)[C@@H]3C2=O)cc1. The summed E-state index contributed by atoms with van der Waals surface area (Å²) in [5.74, 6) is -1.68. The lowest BCUT2D eigenvalue weighted by atomic mass is 9.63. The molecule has 0 spiro atoms.